The Labute approximate surface area is 179 Å². The van der Waals surface area contributed by atoms with Crippen LogP contribution in [0.2, 0.25) is 5.02 Å². The van der Waals surface area contributed by atoms with Gasteiger partial charge in [0.05, 0.1) is 18.3 Å². The van der Waals surface area contributed by atoms with Gasteiger partial charge in [-0.3, -0.25) is 4.79 Å². The van der Waals surface area contributed by atoms with Gasteiger partial charge < -0.3 is 19.2 Å². The summed E-state index contributed by atoms with van der Waals surface area (Å²) in [5, 5.41) is 2.05. The SMILES string of the molecule is COc1ccc(S(=O)(=O)[C@H](CNC(=O)COc2ccc(Cl)cc2)c2ccco2)cc1. The van der Waals surface area contributed by atoms with Crippen molar-refractivity contribution < 1.29 is 27.1 Å². The lowest BCUT2D eigenvalue weighted by Gasteiger charge is -2.17. The summed E-state index contributed by atoms with van der Waals surface area (Å²) >= 11 is 5.81. The normalized spacial score (nSPS) is 12.2. The molecule has 1 amide bonds. The first-order valence-electron chi connectivity index (χ1n) is 8.96. The zero-order valence-corrected chi connectivity index (χ0v) is 17.7. The van der Waals surface area contributed by atoms with E-state index < -0.39 is 21.0 Å². The Morgan fingerprint density at radius 3 is 2.33 bits per heavy atom. The average Bonchev–Trinajstić information content (AvgIpc) is 3.27. The van der Waals surface area contributed by atoms with Gasteiger partial charge in [0.2, 0.25) is 0 Å². The van der Waals surface area contributed by atoms with E-state index in [1.165, 1.54) is 25.5 Å². The summed E-state index contributed by atoms with van der Waals surface area (Å²) in [6.07, 6.45) is 1.39. The van der Waals surface area contributed by atoms with Crippen LogP contribution in [-0.4, -0.2) is 34.6 Å². The van der Waals surface area contributed by atoms with E-state index in [-0.39, 0.29) is 23.8 Å². The minimum Gasteiger partial charge on any atom is -0.497 e. The quantitative estimate of drug-likeness (QED) is 0.535. The fraction of sp³-hybridized carbons (Fsp3) is 0.190. The summed E-state index contributed by atoms with van der Waals surface area (Å²) < 4.78 is 42.1. The number of rotatable bonds is 9. The zero-order valence-electron chi connectivity index (χ0n) is 16.1. The highest BCUT2D eigenvalue weighted by Gasteiger charge is 2.32. The maximum atomic E-state index is 13.2. The second-order valence-corrected chi connectivity index (χ2v) is 8.84. The number of ether oxygens (including phenoxy) is 2. The van der Waals surface area contributed by atoms with Crippen molar-refractivity contribution in [1.29, 1.82) is 0 Å². The Kier molecular flexibility index (Phi) is 7.02. The standard InChI is InChI=1S/C21H20ClNO6S/c1-27-16-8-10-18(11-9-16)30(25,26)20(19-3-2-12-28-19)13-23-21(24)14-29-17-6-4-15(22)5-7-17/h2-12,20H,13-14H2,1H3,(H,23,24)/t20-/m1/s1. The molecule has 1 heterocycles. The fourth-order valence-electron chi connectivity index (χ4n) is 2.70. The Morgan fingerprint density at radius 1 is 1.07 bits per heavy atom. The smallest absolute Gasteiger partial charge is 0.257 e. The summed E-state index contributed by atoms with van der Waals surface area (Å²) in [5.74, 6) is 0.773. The predicted octanol–water partition coefficient (Wildman–Crippen LogP) is 3.65. The molecule has 1 atom stereocenters. The monoisotopic (exact) mass is 449 g/mol. The van der Waals surface area contributed by atoms with E-state index in [2.05, 4.69) is 5.32 Å². The summed E-state index contributed by atoms with van der Waals surface area (Å²) in [4.78, 5) is 12.3. The van der Waals surface area contributed by atoms with Gasteiger partial charge in [-0.2, -0.15) is 0 Å². The Balaban J connectivity index is 1.69. The Morgan fingerprint density at radius 2 is 1.73 bits per heavy atom. The highest BCUT2D eigenvalue weighted by Crippen LogP contribution is 2.30. The molecule has 0 saturated heterocycles. The van der Waals surface area contributed by atoms with Crippen molar-refractivity contribution in [3.63, 3.8) is 0 Å². The molecule has 158 valence electrons. The topological polar surface area (TPSA) is 94.8 Å². The summed E-state index contributed by atoms with van der Waals surface area (Å²) in [5.41, 5.74) is 0. The van der Waals surface area contributed by atoms with Crippen molar-refractivity contribution in [3.8, 4) is 11.5 Å². The fourth-order valence-corrected chi connectivity index (χ4v) is 4.42. The molecule has 1 aromatic heterocycles. The van der Waals surface area contributed by atoms with E-state index in [9.17, 15) is 13.2 Å². The molecule has 30 heavy (non-hydrogen) atoms. The molecule has 0 saturated carbocycles. The summed E-state index contributed by atoms with van der Waals surface area (Å²) in [6.45, 7) is -0.445. The molecular formula is C21H20ClNO6S. The average molecular weight is 450 g/mol. The van der Waals surface area contributed by atoms with Crippen LogP contribution in [0.5, 0.6) is 11.5 Å². The number of nitrogens with one attached hydrogen (secondary N) is 1. The van der Waals surface area contributed by atoms with E-state index in [1.54, 1.807) is 48.5 Å². The highest BCUT2D eigenvalue weighted by molar-refractivity contribution is 7.91. The highest BCUT2D eigenvalue weighted by atomic mass is 35.5. The van der Waals surface area contributed by atoms with Gasteiger partial charge in [0.15, 0.2) is 16.4 Å². The maximum absolute atomic E-state index is 13.2. The molecule has 9 heteroatoms. The minimum atomic E-state index is -3.84. The number of carbonyl (C=O) groups is 1. The number of halogens is 1. The molecule has 3 rings (SSSR count). The lowest BCUT2D eigenvalue weighted by molar-refractivity contribution is -0.123. The molecule has 0 unspecified atom stereocenters. The van der Waals surface area contributed by atoms with E-state index in [1.807, 2.05) is 0 Å². The first kappa shape index (κ1) is 21.7. The van der Waals surface area contributed by atoms with Crippen LogP contribution in [0.25, 0.3) is 0 Å². The first-order valence-corrected chi connectivity index (χ1v) is 10.9. The number of sulfone groups is 1. The number of amides is 1. The van der Waals surface area contributed by atoms with Crippen molar-refractivity contribution in [1.82, 2.24) is 5.32 Å². The third kappa shape index (κ3) is 5.34. The van der Waals surface area contributed by atoms with Gasteiger partial charge in [-0.05, 0) is 60.7 Å². The minimum absolute atomic E-state index is 0.0939. The van der Waals surface area contributed by atoms with Crippen molar-refractivity contribution in [3.05, 3.63) is 77.7 Å². The van der Waals surface area contributed by atoms with Gasteiger partial charge >= 0.3 is 0 Å². The van der Waals surface area contributed by atoms with Crippen LogP contribution in [0.1, 0.15) is 11.0 Å². The van der Waals surface area contributed by atoms with Crippen LogP contribution < -0.4 is 14.8 Å². The third-order valence-corrected chi connectivity index (χ3v) is 6.62. The third-order valence-electron chi connectivity index (χ3n) is 4.29. The van der Waals surface area contributed by atoms with E-state index in [4.69, 9.17) is 25.5 Å². The van der Waals surface area contributed by atoms with Crippen LogP contribution >= 0.6 is 11.6 Å². The van der Waals surface area contributed by atoms with Crippen molar-refractivity contribution in [2.75, 3.05) is 20.3 Å². The molecule has 0 spiro atoms. The van der Waals surface area contributed by atoms with E-state index >= 15 is 0 Å². The van der Waals surface area contributed by atoms with Gasteiger partial charge in [-0.25, -0.2) is 8.42 Å². The molecular weight excluding hydrogens is 430 g/mol. The number of hydrogen-bond acceptors (Lipinski definition) is 6. The maximum Gasteiger partial charge on any atom is 0.257 e. The van der Waals surface area contributed by atoms with Crippen molar-refractivity contribution >= 4 is 27.3 Å². The second-order valence-electron chi connectivity index (χ2n) is 6.27. The van der Waals surface area contributed by atoms with Gasteiger partial charge in [-0.1, -0.05) is 11.6 Å². The van der Waals surface area contributed by atoms with Crippen LogP contribution in [0.3, 0.4) is 0 Å². The van der Waals surface area contributed by atoms with Gasteiger partial charge in [0.25, 0.3) is 5.91 Å². The number of carbonyl (C=O) groups excluding carboxylic acids is 1. The molecule has 0 aliphatic carbocycles. The molecule has 0 radical (unpaired) electrons. The second kappa shape index (κ2) is 9.69. The number of furan rings is 1. The molecule has 0 bridgehead atoms. The van der Waals surface area contributed by atoms with Crippen LogP contribution in [0.15, 0.2) is 76.2 Å². The molecule has 0 aliphatic heterocycles. The van der Waals surface area contributed by atoms with Gasteiger partial charge in [-0.15, -0.1) is 0 Å². The number of benzene rings is 2. The molecule has 3 aromatic rings. The van der Waals surface area contributed by atoms with E-state index in [0.29, 0.717) is 16.5 Å². The van der Waals surface area contributed by atoms with Crippen molar-refractivity contribution in [2.24, 2.45) is 0 Å². The van der Waals surface area contributed by atoms with Crippen molar-refractivity contribution in [2.45, 2.75) is 10.1 Å². The lowest BCUT2D eigenvalue weighted by atomic mass is 10.3. The van der Waals surface area contributed by atoms with E-state index in [0.717, 1.165) is 0 Å². The Hall–Kier alpha value is -2.97. The molecule has 0 fully saturated rings. The number of methoxy groups -OCH3 is 1. The Bertz CT molecular complexity index is 1060. The molecule has 1 N–H and O–H groups in total. The molecule has 0 aliphatic rings. The number of hydrogen-bond donors (Lipinski definition) is 1. The molecule has 7 nitrogen and oxygen atoms in total. The summed E-state index contributed by atoms with van der Waals surface area (Å²) in [7, 11) is -2.34. The lowest BCUT2D eigenvalue weighted by Crippen LogP contribution is -2.34. The predicted molar refractivity (Wildman–Crippen MR) is 112 cm³/mol. The van der Waals surface area contributed by atoms with Crippen LogP contribution in [0.4, 0.5) is 0 Å². The largest absolute Gasteiger partial charge is 0.497 e. The molecule has 2 aromatic carbocycles. The van der Waals surface area contributed by atoms with Crippen LogP contribution in [-0.2, 0) is 14.6 Å². The first-order chi connectivity index (χ1) is 14.4. The summed E-state index contributed by atoms with van der Waals surface area (Å²) in [6, 6.07) is 15.7. The van der Waals surface area contributed by atoms with Crippen LogP contribution in [0, 0.1) is 0 Å². The van der Waals surface area contributed by atoms with Gasteiger partial charge in [0.1, 0.15) is 22.5 Å². The zero-order chi connectivity index (χ0) is 21.6. The van der Waals surface area contributed by atoms with Gasteiger partial charge in [0, 0.05) is 11.6 Å².